The van der Waals surface area contributed by atoms with E-state index in [0.717, 1.165) is 12.1 Å². The van der Waals surface area contributed by atoms with Gasteiger partial charge in [0.25, 0.3) is 0 Å². The summed E-state index contributed by atoms with van der Waals surface area (Å²) in [5.74, 6) is -3.01. The summed E-state index contributed by atoms with van der Waals surface area (Å²) in [6.45, 7) is 5.60. The van der Waals surface area contributed by atoms with Crippen molar-refractivity contribution in [3.63, 3.8) is 0 Å². The van der Waals surface area contributed by atoms with Crippen LogP contribution in [0.15, 0.2) is 18.2 Å². The fraction of sp³-hybridized carbons (Fsp3) is 0.429. The molecule has 0 amide bonds. The minimum Gasteiger partial charge on any atom is -0.298 e. The lowest BCUT2D eigenvalue weighted by Crippen LogP contribution is -2.19. The Morgan fingerprint density at radius 3 is 2.17 bits per heavy atom. The lowest BCUT2D eigenvalue weighted by molar-refractivity contribution is -0.121. The van der Waals surface area contributed by atoms with Crippen molar-refractivity contribution in [1.29, 1.82) is 5.26 Å². The zero-order valence-corrected chi connectivity index (χ0v) is 10.6. The van der Waals surface area contributed by atoms with Gasteiger partial charge in [-0.05, 0) is 23.1 Å². The fourth-order valence-corrected chi connectivity index (χ4v) is 1.70. The van der Waals surface area contributed by atoms with Gasteiger partial charge in [0.1, 0.15) is 17.6 Å². The summed E-state index contributed by atoms with van der Waals surface area (Å²) in [5.41, 5.74) is -0.192. The second-order valence-electron chi connectivity index (χ2n) is 5.47. The molecule has 1 aromatic rings. The van der Waals surface area contributed by atoms with Crippen LogP contribution in [0.5, 0.6) is 0 Å². The van der Waals surface area contributed by atoms with Crippen LogP contribution in [0.3, 0.4) is 0 Å². The number of carbonyl (C=O) groups is 1. The van der Waals surface area contributed by atoms with Crippen molar-refractivity contribution >= 4 is 5.78 Å². The molecule has 0 heterocycles. The molecule has 0 radical (unpaired) electrons. The summed E-state index contributed by atoms with van der Waals surface area (Å²) in [6.07, 6.45) is 0.184. The number of hydrogen-bond donors (Lipinski definition) is 0. The minimum absolute atomic E-state index is 0.0734. The number of ketones is 1. The van der Waals surface area contributed by atoms with Crippen LogP contribution in [-0.2, 0) is 4.79 Å². The summed E-state index contributed by atoms with van der Waals surface area (Å²) < 4.78 is 26.1. The lowest BCUT2D eigenvalue weighted by Gasteiger charge is -2.19. The van der Waals surface area contributed by atoms with Gasteiger partial charge in [-0.1, -0.05) is 20.8 Å². The average Bonchev–Trinajstić information content (AvgIpc) is 2.13. The Hall–Kier alpha value is -1.76. The van der Waals surface area contributed by atoms with Crippen LogP contribution in [0.25, 0.3) is 0 Å². The highest BCUT2D eigenvalue weighted by Gasteiger charge is 2.25. The summed E-state index contributed by atoms with van der Waals surface area (Å²) in [4.78, 5) is 11.9. The Kier molecular flexibility index (Phi) is 4.18. The molecule has 0 bridgehead atoms. The van der Waals surface area contributed by atoms with E-state index < -0.39 is 17.6 Å². The van der Waals surface area contributed by atoms with E-state index in [1.54, 1.807) is 0 Å². The molecule has 0 aliphatic rings. The first-order chi connectivity index (χ1) is 8.23. The summed E-state index contributed by atoms with van der Waals surface area (Å²) in [5, 5.41) is 9.01. The van der Waals surface area contributed by atoms with Crippen LogP contribution in [0.4, 0.5) is 8.78 Å². The van der Waals surface area contributed by atoms with E-state index in [2.05, 4.69) is 0 Å². The normalized spacial score (nSPS) is 12.9. The van der Waals surface area contributed by atoms with Crippen molar-refractivity contribution in [3.05, 3.63) is 35.4 Å². The highest BCUT2D eigenvalue weighted by molar-refractivity contribution is 5.88. The van der Waals surface area contributed by atoms with E-state index in [0.29, 0.717) is 6.07 Å². The van der Waals surface area contributed by atoms with Crippen molar-refractivity contribution in [2.75, 3.05) is 0 Å². The Morgan fingerprint density at radius 2 is 1.78 bits per heavy atom. The molecule has 2 nitrogen and oxygen atoms in total. The Morgan fingerprint density at radius 1 is 1.28 bits per heavy atom. The van der Waals surface area contributed by atoms with Crippen LogP contribution in [-0.4, -0.2) is 5.78 Å². The van der Waals surface area contributed by atoms with E-state index in [9.17, 15) is 13.6 Å². The summed E-state index contributed by atoms with van der Waals surface area (Å²) >= 11 is 0. The molecule has 1 atom stereocenters. The van der Waals surface area contributed by atoms with Gasteiger partial charge in [0.15, 0.2) is 5.78 Å². The second kappa shape index (κ2) is 5.26. The van der Waals surface area contributed by atoms with E-state index in [4.69, 9.17) is 5.26 Å². The third kappa shape index (κ3) is 3.92. The van der Waals surface area contributed by atoms with Gasteiger partial charge < -0.3 is 0 Å². The Bertz CT molecular complexity index is 477. The zero-order chi connectivity index (χ0) is 13.9. The standard InChI is InChI=1S/C14H15F2NO/c1-14(2,3)7-13(18)12(8-17)9-4-10(15)6-11(16)5-9/h4-6,12H,7H2,1-3H3. The van der Waals surface area contributed by atoms with Crippen molar-refractivity contribution in [2.45, 2.75) is 33.1 Å². The molecule has 0 N–H and O–H groups in total. The SMILES string of the molecule is CC(C)(C)CC(=O)C(C#N)c1cc(F)cc(F)c1. The number of nitriles is 1. The van der Waals surface area contributed by atoms with Crippen LogP contribution >= 0.6 is 0 Å². The molecule has 1 aromatic carbocycles. The molecule has 96 valence electrons. The van der Waals surface area contributed by atoms with Gasteiger partial charge in [-0.15, -0.1) is 0 Å². The van der Waals surface area contributed by atoms with Gasteiger partial charge in [0.05, 0.1) is 6.07 Å². The maximum atomic E-state index is 13.1. The van der Waals surface area contributed by atoms with Crippen molar-refractivity contribution in [1.82, 2.24) is 0 Å². The molecule has 0 spiro atoms. The predicted octanol–water partition coefficient (Wildman–Crippen LogP) is 3.58. The topological polar surface area (TPSA) is 40.9 Å². The maximum Gasteiger partial charge on any atom is 0.154 e. The van der Waals surface area contributed by atoms with Crippen LogP contribution in [0, 0.1) is 28.4 Å². The first kappa shape index (κ1) is 14.3. The van der Waals surface area contributed by atoms with Gasteiger partial charge in [-0.2, -0.15) is 5.26 Å². The number of rotatable bonds is 3. The predicted molar refractivity (Wildman–Crippen MR) is 63.8 cm³/mol. The van der Waals surface area contributed by atoms with Crippen LogP contribution in [0.2, 0.25) is 0 Å². The molecular formula is C14H15F2NO. The molecule has 0 saturated heterocycles. The Labute approximate surface area is 105 Å². The van der Waals surface area contributed by atoms with Crippen LogP contribution in [0.1, 0.15) is 38.7 Å². The monoisotopic (exact) mass is 251 g/mol. The first-order valence-corrected chi connectivity index (χ1v) is 5.61. The largest absolute Gasteiger partial charge is 0.298 e. The van der Waals surface area contributed by atoms with Gasteiger partial charge in [-0.25, -0.2) is 8.78 Å². The van der Waals surface area contributed by atoms with Crippen molar-refractivity contribution in [3.8, 4) is 6.07 Å². The highest BCUT2D eigenvalue weighted by Crippen LogP contribution is 2.26. The third-order valence-electron chi connectivity index (χ3n) is 2.37. The molecule has 18 heavy (non-hydrogen) atoms. The molecule has 0 aliphatic heterocycles. The molecular weight excluding hydrogens is 236 g/mol. The second-order valence-corrected chi connectivity index (χ2v) is 5.47. The van der Waals surface area contributed by atoms with E-state index in [-0.39, 0.29) is 23.2 Å². The van der Waals surface area contributed by atoms with Crippen molar-refractivity contribution in [2.24, 2.45) is 5.41 Å². The van der Waals surface area contributed by atoms with E-state index >= 15 is 0 Å². The number of carbonyl (C=O) groups excluding carboxylic acids is 1. The molecule has 0 fully saturated rings. The number of nitrogens with zero attached hydrogens (tertiary/aromatic N) is 1. The summed E-state index contributed by atoms with van der Waals surface area (Å²) in [6, 6.07) is 4.58. The number of benzene rings is 1. The van der Waals surface area contributed by atoms with Gasteiger partial charge >= 0.3 is 0 Å². The first-order valence-electron chi connectivity index (χ1n) is 5.61. The number of halogens is 2. The number of Topliss-reactive ketones (excluding diaryl/α,β-unsaturated/α-hetero) is 1. The molecule has 1 unspecified atom stereocenters. The molecule has 1 rings (SSSR count). The quantitative estimate of drug-likeness (QED) is 0.823. The van der Waals surface area contributed by atoms with Gasteiger partial charge in [-0.3, -0.25) is 4.79 Å². The van der Waals surface area contributed by atoms with E-state index in [1.807, 2.05) is 26.8 Å². The fourth-order valence-electron chi connectivity index (χ4n) is 1.70. The van der Waals surface area contributed by atoms with Gasteiger partial charge in [0.2, 0.25) is 0 Å². The minimum atomic E-state index is -1.12. The lowest BCUT2D eigenvalue weighted by atomic mass is 9.84. The zero-order valence-electron chi connectivity index (χ0n) is 10.6. The molecule has 0 aromatic heterocycles. The van der Waals surface area contributed by atoms with Crippen molar-refractivity contribution < 1.29 is 13.6 Å². The molecule has 0 aliphatic carbocycles. The third-order valence-corrected chi connectivity index (χ3v) is 2.37. The van der Waals surface area contributed by atoms with E-state index in [1.165, 1.54) is 0 Å². The van der Waals surface area contributed by atoms with Gasteiger partial charge in [0, 0.05) is 12.5 Å². The average molecular weight is 251 g/mol. The Balaban J connectivity index is 3.04. The summed E-state index contributed by atoms with van der Waals surface area (Å²) in [7, 11) is 0. The number of hydrogen-bond acceptors (Lipinski definition) is 2. The highest BCUT2D eigenvalue weighted by atomic mass is 19.1. The molecule has 4 heteroatoms. The maximum absolute atomic E-state index is 13.1. The van der Waals surface area contributed by atoms with Crippen LogP contribution < -0.4 is 0 Å². The smallest absolute Gasteiger partial charge is 0.154 e. The molecule has 0 saturated carbocycles.